The van der Waals surface area contributed by atoms with Crippen LogP contribution in [0.5, 0.6) is 0 Å². The van der Waals surface area contributed by atoms with Gasteiger partial charge in [-0.15, -0.1) is 0 Å². The highest BCUT2D eigenvalue weighted by Gasteiger charge is 2.15. The molecule has 4 aromatic rings. The summed E-state index contributed by atoms with van der Waals surface area (Å²) in [4.78, 5) is 17.4. The Balaban J connectivity index is 1.66. The minimum atomic E-state index is -0.168. The molecule has 1 amide bonds. The number of para-hydroxylation sites is 2. The van der Waals surface area contributed by atoms with Crippen molar-refractivity contribution in [1.82, 2.24) is 14.9 Å². The van der Waals surface area contributed by atoms with Gasteiger partial charge >= 0.3 is 0 Å². The molecule has 5 heteroatoms. The quantitative estimate of drug-likeness (QED) is 0.460. The Morgan fingerprint density at radius 1 is 1.00 bits per heavy atom. The summed E-state index contributed by atoms with van der Waals surface area (Å²) < 4.78 is 2.19. The molecule has 0 aliphatic carbocycles. The molecule has 1 aromatic heterocycles. The maximum absolute atomic E-state index is 12.6. The predicted octanol–water partition coefficient (Wildman–Crippen LogP) is 5.59. The second kappa shape index (κ2) is 8.33. The number of carbonyl (C=O) groups is 1. The Kier molecular flexibility index (Phi) is 5.60. The molecule has 30 heavy (non-hydrogen) atoms. The largest absolute Gasteiger partial charge is 0.345 e. The fraction of sp³-hybridized carbons (Fsp3) is 0.200. The minimum Gasteiger partial charge on any atom is -0.345 e. The standard InChI is InChI=1S/C25H24ClN3O/c1-16-11-17(2)21(18(3)12-16)15-29-23-10-5-4-9-22(23)28-24(29)14-27-25(30)19-7-6-8-20(26)13-19/h4-13H,14-15H2,1-3H3,(H,27,30). The van der Waals surface area contributed by atoms with Gasteiger partial charge in [-0.05, 0) is 67.8 Å². The summed E-state index contributed by atoms with van der Waals surface area (Å²) in [5.41, 5.74) is 7.59. The lowest BCUT2D eigenvalue weighted by Crippen LogP contribution is -2.25. The highest BCUT2D eigenvalue weighted by Crippen LogP contribution is 2.22. The maximum atomic E-state index is 12.6. The molecule has 4 rings (SSSR count). The van der Waals surface area contributed by atoms with Gasteiger partial charge in [-0.1, -0.05) is 47.5 Å². The predicted molar refractivity (Wildman–Crippen MR) is 122 cm³/mol. The van der Waals surface area contributed by atoms with Crippen LogP contribution in [0, 0.1) is 20.8 Å². The molecule has 0 atom stereocenters. The van der Waals surface area contributed by atoms with Crippen molar-refractivity contribution in [2.24, 2.45) is 0 Å². The van der Waals surface area contributed by atoms with Gasteiger partial charge in [0.15, 0.2) is 0 Å². The van der Waals surface area contributed by atoms with Crippen LogP contribution >= 0.6 is 11.6 Å². The minimum absolute atomic E-state index is 0.168. The van der Waals surface area contributed by atoms with Gasteiger partial charge in [0, 0.05) is 17.1 Å². The molecule has 0 aliphatic heterocycles. The van der Waals surface area contributed by atoms with Crippen molar-refractivity contribution in [2.75, 3.05) is 0 Å². The van der Waals surface area contributed by atoms with E-state index >= 15 is 0 Å². The van der Waals surface area contributed by atoms with E-state index in [0.29, 0.717) is 23.7 Å². The molecule has 0 aliphatic rings. The van der Waals surface area contributed by atoms with Crippen LogP contribution in [0.1, 0.15) is 38.4 Å². The van der Waals surface area contributed by atoms with E-state index in [-0.39, 0.29) is 5.91 Å². The Morgan fingerprint density at radius 2 is 1.73 bits per heavy atom. The van der Waals surface area contributed by atoms with Crippen LogP contribution in [-0.4, -0.2) is 15.5 Å². The van der Waals surface area contributed by atoms with Crippen molar-refractivity contribution in [3.63, 3.8) is 0 Å². The van der Waals surface area contributed by atoms with Gasteiger partial charge in [0.1, 0.15) is 5.82 Å². The molecule has 1 heterocycles. The second-order valence-corrected chi connectivity index (χ2v) is 8.11. The first-order chi connectivity index (χ1) is 14.4. The number of benzene rings is 3. The van der Waals surface area contributed by atoms with Crippen LogP contribution in [0.4, 0.5) is 0 Å². The van der Waals surface area contributed by atoms with Crippen molar-refractivity contribution in [2.45, 2.75) is 33.9 Å². The number of rotatable bonds is 5. The van der Waals surface area contributed by atoms with Gasteiger partial charge in [-0.3, -0.25) is 4.79 Å². The van der Waals surface area contributed by atoms with Crippen molar-refractivity contribution in [3.8, 4) is 0 Å². The zero-order valence-corrected chi connectivity index (χ0v) is 18.1. The lowest BCUT2D eigenvalue weighted by atomic mass is 9.99. The van der Waals surface area contributed by atoms with Crippen molar-refractivity contribution < 1.29 is 4.79 Å². The van der Waals surface area contributed by atoms with Gasteiger partial charge in [-0.2, -0.15) is 0 Å². The van der Waals surface area contributed by atoms with Crippen molar-refractivity contribution >= 4 is 28.5 Å². The van der Waals surface area contributed by atoms with Crippen molar-refractivity contribution in [3.05, 3.63) is 99.3 Å². The molecule has 152 valence electrons. The maximum Gasteiger partial charge on any atom is 0.251 e. The first-order valence-corrected chi connectivity index (χ1v) is 10.3. The lowest BCUT2D eigenvalue weighted by molar-refractivity contribution is 0.0949. The van der Waals surface area contributed by atoms with Crippen LogP contribution < -0.4 is 5.32 Å². The first-order valence-electron chi connectivity index (χ1n) is 9.97. The SMILES string of the molecule is Cc1cc(C)c(Cn2c(CNC(=O)c3cccc(Cl)c3)nc3ccccc32)c(C)c1. The molecule has 1 N–H and O–H groups in total. The smallest absolute Gasteiger partial charge is 0.251 e. The molecule has 0 radical (unpaired) electrons. The first kappa shape index (κ1) is 20.2. The third kappa shape index (κ3) is 4.10. The number of halogens is 1. The van der Waals surface area contributed by atoms with Gasteiger partial charge in [0.25, 0.3) is 5.91 Å². The number of carbonyl (C=O) groups excluding carboxylic acids is 1. The Morgan fingerprint density at radius 3 is 2.47 bits per heavy atom. The van der Waals surface area contributed by atoms with E-state index in [2.05, 4.69) is 48.9 Å². The number of nitrogens with zero attached hydrogens (tertiary/aromatic N) is 2. The van der Waals surface area contributed by atoms with E-state index < -0.39 is 0 Å². The van der Waals surface area contributed by atoms with Crippen LogP contribution in [0.15, 0.2) is 60.7 Å². The summed E-state index contributed by atoms with van der Waals surface area (Å²) in [6.45, 7) is 7.46. The Bertz CT molecular complexity index is 1220. The number of aryl methyl sites for hydroxylation is 3. The van der Waals surface area contributed by atoms with Crippen LogP contribution in [0.3, 0.4) is 0 Å². The number of aromatic nitrogens is 2. The summed E-state index contributed by atoms with van der Waals surface area (Å²) >= 11 is 6.02. The summed E-state index contributed by atoms with van der Waals surface area (Å²) in [5.74, 6) is 0.657. The number of nitrogens with one attached hydrogen (secondary N) is 1. The fourth-order valence-electron chi connectivity index (χ4n) is 3.95. The van der Waals surface area contributed by atoms with Crippen molar-refractivity contribution in [1.29, 1.82) is 0 Å². The van der Waals surface area contributed by atoms with E-state index in [9.17, 15) is 4.79 Å². The van der Waals surface area contributed by atoms with E-state index in [0.717, 1.165) is 16.9 Å². The highest BCUT2D eigenvalue weighted by molar-refractivity contribution is 6.30. The molecule has 0 saturated carbocycles. The number of fused-ring (bicyclic) bond motifs is 1. The zero-order chi connectivity index (χ0) is 21.3. The normalized spacial score (nSPS) is 11.1. The van der Waals surface area contributed by atoms with E-state index in [1.165, 1.54) is 22.3 Å². The second-order valence-electron chi connectivity index (χ2n) is 7.67. The summed E-state index contributed by atoms with van der Waals surface area (Å²) in [5, 5.41) is 3.53. The topological polar surface area (TPSA) is 46.9 Å². The van der Waals surface area contributed by atoms with Crippen LogP contribution in [0.2, 0.25) is 5.02 Å². The van der Waals surface area contributed by atoms with Gasteiger partial charge in [0.05, 0.1) is 17.6 Å². The molecule has 0 bridgehead atoms. The number of amides is 1. The molecule has 0 spiro atoms. The highest BCUT2D eigenvalue weighted by atomic mass is 35.5. The molecular weight excluding hydrogens is 394 g/mol. The van der Waals surface area contributed by atoms with Gasteiger partial charge in [0.2, 0.25) is 0 Å². The third-order valence-electron chi connectivity index (χ3n) is 5.38. The van der Waals surface area contributed by atoms with Crippen LogP contribution in [0.25, 0.3) is 11.0 Å². The molecule has 0 fully saturated rings. The number of hydrogen-bond donors (Lipinski definition) is 1. The molecule has 0 saturated heterocycles. The number of hydrogen-bond acceptors (Lipinski definition) is 2. The molecule has 0 unspecified atom stereocenters. The fourth-order valence-corrected chi connectivity index (χ4v) is 4.14. The number of imidazole rings is 1. The third-order valence-corrected chi connectivity index (χ3v) is 5.62. The summed E-state index contributed by atoms with van der Waals surface area (Å²) in [7, 11) is 0. The van der Waals surface area contributed by atoms with Crippen LogP contribution in [-0.2, 0) is 13.1 Å². The van der Waals surface area contributed by atoms with Gasteiger partial charge in [-0.25, -0.2) is 4.98 Å². The molecular formula is C25H24ClN3O. The molecule has 3 aromatic carbocycles. The van der Waals surface area contributed by atoms with E-state index in [4.69, 9.17) is 16.6 Å². The lowest BCUT2D eigenvalue weighted by Gasteiger charge is -2.15. The zero-order valence-electron chi connectivity index (χ0n) is 17.4. The van der Waals surface area contributed by atoms with E-state index in [1.54, 1.807) is 24.3 Å². The summed E-state index contributed by atoms with van der Waals surface area (Å²) in [6.07, 6.45) is 0. The average Bonchev–Trinajstić information content (AvgIpc) is 3.06. The van der Waals surface area contributed by atoms with E-state index in [1.807, 2.05) is 18.2 Å². The Labute approximate surface area is 181 Å². The average molecular weight is 418 g/mol. The Hall–Kier alpha value is -3.11. The molecule has 4 nitrogen and oxygen atoms in total. The monoisotopic (exact) mass is 417 g/mol. The summed E-state index contributed by atoms with van der Waals surface area (Å²) in [6, 6.07) is 19.4. The van der Waals surface area contributed by atoms with Gasteiger partial charge < -0.3 is 9.88 Å².